The number of hydrogen-bond acceptors (Lipinski definition) is 4. The molecule has 0 saturated carbocycles. The van der Waals surface area contributed by atoms with Gasteiger partial charge in [0.15, 0.2) is 0 Å². The minimum Gasteiger partial charge on any atom is -0.382 e. The molecule has 0 atom stereocenters. The van der Waals surface area contributed by atoms with Gasteiger partial charge in [0, 0.05) is 19.1 Å². The molecule has 2 heterocycles. The molecule has 1 aromatic heterocycles. The van der Waals surface area contributed by atoms with Crippen LogP contribution in [0.1, 0.15) is 13.8 Å². The fourth-order valence-corrected chi connectivity index (χ4v) is 1.78. The number of rotatable bonds is 3. The van der Waals surface area contributed by atoms with E-state index in [1.54, 1.807) is 0 Å². The molecule has 4 heteroatoms. The smallest absolute Gasteiger partial charge is 0.128 e. The van der Waals surface area contributed by atoms with Crippen LogP contribution in [0.4, 0.5) is 11.5 Å². The average molecular weight is 221 g/mol. The van der Waals surface area contributed by atoms with Gasteiger partial charge in [-0.15, -0.1) is 0 Å². The van der Waals surface area contributed by atoms with Gasteiger partial charge in [0.25, 0.3) is 0 Å². The molecule has 1 fully saturated rings. The molecular formula is C12H19N3O. The van der Waals surface area contributed by atoms with Crippen molar-refractivity contribution in [2.45, 2.75) is 19.9 Å². The number of morpholine rings is 1. The predicted molar refractivity (Wildman–Crippen MR) is 66.0 cm³/mol. The summed E-state index contributed by atoms with van der Waals surface area (Å²) in [6.45, 7) is 7.71. The molecule has 1 aliphatic rings. The van der Waals surface area contributed by atoms with Crippen molar-refractivity contribution >= 4 is 11.5 Å². The van der Waals surface area contributed by atoms with Gasteiger partial charge in [-0.2, -0.15) is 0 Å². The Morgan fingerprint density at radius 2 is 2.06 bits per heavy atom. The number of anilines is 2. The van der Waals surface area contributed by atoms with E-state index >= 15 is 0 Å². The van der Waals surface area contributed by atoms with Crippen LogP contribution < -0.4 is 10.2 Å². The maximum Gasteiger partial charge on any atom is 0.128 e. The maximum atomic E-state index is 5.32. The van der Waals surface area contributed by atoms with Gasteiger partial charge in [0.2, 0.25) is 0 Å². The van der Waals surface area contributed by atoms with E-state index in [4.69, 9.17) is 4.74 Å². The van der Waals surface area contributed by atoms with Crippen molar-refractivity contribution < 1.29 is 4.74 Å². The van der Waals surface area contributed by atoms with E-state index in [2.05, 4.69) is 41.2 Å². The lowest BCUT2D eigenvalue weighted by Gasteiger charge is -2.27. The van der Waals surface area contributed by atoms with Gasteiger partial charge in [-0.25, -0.2) is 4.98 Å². The van der Waals surface area contributed by atoms with Crippen molar-refractivity contribution in [1.82, 2.24) is 4.98 Å². The van der Waals surface area contributed by atoms with Crippen LogP contribution in [0.15, 0.2) is 18.3 Å². The molecule has 1 aliphatic heterocycles. The fraction of sp³-hybridized carbons (Fsp3) is 0.583. The second-order valence-corrected chi connectivity index (χ2v) is 4.30. The Morgan fingerprint density at radius 3 is 2.62 bits per heavy atom. The van der Waals surface area contributed by atoms with E-state index < -0.39 is 0 Å². The molecule has 0 bridgehead atoms. The summed E-state index contributed by atoms with van der Waals surface area (Å²) >= 11 is 0. The summed E-state index contributed by atoms with van der Waals surface area (Å²) in [5.74, 6) is 1.04. The Labute approximate surface area is 96.6 Å². The molecule has 0 aromatic carbocycles. The lowest BCUT2D eigenvalue weighted by Crippen LogP contribution is -2.36. The molecule has 0 unspecified atom stereocenters. The molecule has 0 spiro atoms. The van der Waals surface area contributed by atoms with E-state index in [1.165, 1.54) is 0 Å². The van der Waals surface area contributed by atoms with Gasteiger partial charge in [0.1, 0.15) is 5.82 Å². The number of hydrogen-bond donors (Lipinski definition) is 1. The second-order valence-electron chi connectivity index (χ2n) is 4.30. The Balaban J connectivity index is 2.00. The Bertz CT molecular complexity index is 318. The third-order valence-electron chi connectivity index (χ3n) is 2.54. The molecule has 1 aromatic rings. The summed E-state index contributed by atoms with van der Waals surface area (Å²) in [5.41, 5.74) is 1.08. The second kappa shape index (κ2) is 5.16. The fourth-order valence-electron chi connectivity index (χ4n) is 1.78. The quantitative estimate of drug-likeness (QED) is 0.843. The standard InChI is InChI=1S/C12H19N3O/c1-10(2)14-11-3-4-12(13-9-11)15-5-7-16-8-6-15/h3-4,9-10,14H,5-8H2,1-2H3. The summed E-state index contributed by atoms with van der Waals surface area (Å²) < 4.78 is 5.32. The lowest BCUT2D eigenvalue weighted by molar-refractivity contribution is 0.122. The Kier molecular flexibility index (Phi) is 3.62. The van der Waals surface area contributed by atoms with Crippen molar-refractivity contribution in [2.75, 3.05) is 36.5 Å². The van der Waals surface area contributed by atoms with Crippen molar-refractivity contribution in [3.8, 4) is 0 Å². The van der Waals surface area contributed by atoms with Crippen molar-refractivity contribution in [1.29, 1.82) is 0 Å². The number of nitrogens with zero attached hydrogens (tertiary/aromatic N) is 2. The minimum absolute atomic E-state index is 0.441. The maximum absolute atomic E-state index is 5.32. The molecule has 4 nitrogen and oxygen atoms in total. The van der Waals surface area contributed by atoms with Gasteiger partial charge in [-0.3, -0.25) is 0 Å². The molecule has 0 radical (unpaired) electrons. The van der Waals surface area contributed by atoms with Gasteiger partial charge >= 0.3 is 0 Å². The number of aromatic nitrogens is 1. The van der Waals surface area contributed by atoms with Crippen LogP contribution in [0.5, 0.6) is 0 Å². The van der Waals surface area contributed by atoms with E-state index in [1.807, 2.05) is 6.20 Å². The lowest BCUT2D eigenvalue weighted by atomic mass is 10.3. The van der Waals surface area contributed by atoms with E-state index in [9.17, 15) is 0 Å². The van der Waals surface area contributed by atoms with Crippen molar-refractivity contribution in [3.63, 3.8) is 0 Å². The normalized spacial score (nSPS) is 16.6. The number of ether oxygens (including phenoxy) is 1. The molecule has 0 aliphatic carbocycles. The zero-order chi connectivity index (χ0) is 11.4. The topological polar surface area (TPSA) is 37.4 Å². The molecule has 16 heavy (non-hydrogen) atoms. The van der Waals surface area contributed by atoms with Gasteiger partial charge in [-0.05, 0) is 26.0 Å². The highest BCUT2D eigenvalue weighted by Crippen LogP contribution is 2.15. The third kappa shape index (κ3) is 2.85. The monoisotopic (exact) mass is 221 g/mol. The summed E-state index contributed by atoms with van der Waals surface area (Å²) in [7, 11) is 0. The summed E-state index contributed by atoms with van der Waals surface area (Å²) in [6.07, 6.45) is 1.89. The highest BCUT2D eigenvalue weighted by molar-refractivity contribution is 5.49. The Hall–Kier alpha value is -1.29. The molecule has 1 saturated heterocycles. The van der Waals surface area contributed by atoms with Crippen molar-refractivity contribution in [2.24, 2.45) is 0 Å². The average Bonchev–Trinajstić information content (AvgIpc) is 2.30. The Morgan fingerprint density at radius 1 is 1.31 bits per heavy atom. The number of pyridine rings is 1. The first-order valence-corrected chi connectivity index (χ1v) is 5.81. The van der Waals surface area contributed by atoms with E-state index in [0.717, 1.165) is 37.8 Å². The van der Waals surface area contributed by atoms with Crippen LogP contribution in [-0.2, 0) is 4.74 Å². The van der Waals surface area contributed by atoms with Crippen LogP contribution in [0.3, 0.4) is 0 Å². The zero-order valence-electron chi connectivity index (χ0n) is 9.94. The van der Waals surface area contributed by atoms with Crippen LogP contribution >= 0.6 is 0 Å². The molecular weight excluding hydrogens is 202 g/mol. The SMILES string of the molecule is CC(C)Nc1ccc(N2CCOCC2)nc1. The van der Waals surface area contributed by atoms with Gasteiger partial charge in [-0.1, -0.05) is 0 Å². The predicted octanol–water partition coefficient (Wildman–Crippen LogP) is 1.74. The highest BCUT2D eigenvalue weighted by Gasteiger charge is 2.11. The first-order chi connectivity index (χ1) is 7.75. The first kappa shape index (κ1) is 11.2. The largest absolute Gasteiger partial charge is 0.382 e. The van der Waals surface area contributed by atoms with E-state index in [0.29, 0.717) is 6.04 Å². The first-order valence-electron chi connectivity index (χ1n) is 5.81. The highest BCUT2D eigenvalue weighted by atomic mass is 16.5. The number of nitrogens with one attached hydrogen (secondary N) is 1. The van der Waals surface area contributed by atoms with Gasteiger partial charge in [0.05, 0.1) is 25.1 Å². The summed E-state index contributed by atoms with van der Waals surface area (Å²) in [6, 6.07) is 4.59. The van der Waals surface area contributed by atoms with Crippen molar-refractivity contribution in [3.05, 3.63) is 18.3 Å². The zero-order valence-corrected chi connectivity index (χ0v) is 9.94. The summed E-state index contributed by atoms with van der Waals surface area (Å²) in [5, 5.41) is 3.33. The molecule has 0 amide bonds. The van der Waals surface area contributed by atoms with Crippen LogP contribution in [0.2, 0.25) is 0 Å². The third-order valence-corrected chi connectivity index (χ3v) is 2.54. The molecule has 2 rings (SSSR count). The van der Waals surface area contributed by atoms with Gasteiger partial charge < -0.3 is 15.0 Å². The molecule has 1 N–H and O–H groups in total. The summed E-state index contributed by atoms with van der Waals surface area (Å²) in [4.78, 5) is 6.72. The van der Waals surface area contributed by atoms with Crippen LogP contribution in [0, 0.1) is 0 Å². The van der Waals surface area contributed by atoms with E-state index in [-0.39, 0.29) is 0 Å². The van der Waals surface area contributed by atoms with Crippen LogP contribution in [-0.4, -0.2) is 37.3 Å². The molecule has 88 valence electrons. The minimum atomic E-state index is 0.441. The van der Waals surface area contributed by atoms with Crippen LogP contribution in [0.25, 0.3) is 0 Å².